The monoisotopic (exact) mass is 519 g/mol. The summed E-state index contributed by atoms with van der Waals surface area (Å²) in [6.45, 7) is 0.969. The quantitative estimate of drug-likeness (QED) is 0.196. The van der Waals surface area contributed by atoms with Crippen LogP contribution in [0.1, 0.15) is 37.7 Å². The minimum atomic E-state index is -0.484. The van der Waals surface area contributed by atoms with Gasteiger partial charge in [0.2, 0.25) is 0 Å². The highest BCUT2D eigenvalue weighted by molar-refractivity contribution is 8.00. The smallest absolute Gasteiger partial charge is 0.147 e. The molecule has 1 aliphatic carbocycles. The number of hydrogen-bond acceptors (Lipinski definition) is 4. The van der Waals surface area contributed by atoms with Crippen molar-refractivity contribution in [3.05, 3.63) is 89.0 Å². The third-order valence-electron chi connectivity index (χ3n) is 5.74. The maximum Gasteiger partial charge on any atom is 0.147 e. The summed E-state index contributed by atoms with van der Waals surface area (Å²) in [6.07, 6.45) is 6.63. The second-order valence-corrected chi connectivity index (χ2v) is 11.2. The first kappa shape index (κ1) is 25.2. The number of anilines is 1. The van der Waals surface area contributed by atoms with Crippen LogP contribution >= 0.6 is 35.3 Å². The van der Waals surface area contributed by atoms with E-state index in [-0.39, 0.29) is 5.69 Å². The van der Waals surface area contributed by atoms with Gasteiger partial charge in [0.15, 0.2) is 0 Å². The van der Waals surface area contributed by atoms with E-state index in [0.717, 1.165) is 39.3 Å². The molecule has 0 amide bonds. The van der Waals surface area contributed by atoms with Gasteiger partial charge in [0.1, 0.15) is 17.4 Å². The average molecular weight is 520 g/mol. The molecule has 0 spiro atoms. The topological polar surface area (TPSA) is 12.5 Å². The number of thioether (sulfide) groups is 1. The second-order valence-electron chi connectivity index (χ2n) is 8.26. The van der Waals surface area contributed by atoms with Crippen LogP contribution in [0.5, 0.6) is 5.75 Å². The maximum absolute atomic E-state index is 14.7. The molecular formula is C27H28ClF2NOS2. The molecule has 0 bridgehead atoms. The number of halogens is 3. The summed E-state index contributed by atoms with van der Waals surface area (Å²) in [4.78, 5) is 0.871. The fourth-order valence-electron chi connectivity index (χ4n) is 3.99. The van der Waals surface area contributed by atoms with Gasteiger partial charge < -0.3 is 9.04 Å². The average Bonchev–Trinajstić information content (AvgIpc) is 2.86. The number of benzene rings is 3. The Morgan fingerprint density at radius 1 is 0.941 bits per heavy atom. The standard InChI is InChI=1S/C27H28ClF2NOS2/c28-21-10-13-24(14-11-21)34-31(26-18-22(29)12-15-25(26)30)19-20-6-4-5-9-27(20)32-16-17-33-23-7-2-1-3-8-23/h4-6,9-15,18,23H,1-3,7-8,16-17,19H2. The number of nitrogens with zero attached hydrogens (tertiary/aromatic N) is 1. The Hall–Kier alpha value is -1.89. The lowest BCUT2D eigenvalue weighted by Gasteiger charge is -2.25. The van der Waals surface area contributed by atoms with E-state index in [0.29, 0.717) is 18.2 Å². The zero-order valence-electron chi connectivity index (χ0n) is 18.9. The minimum Gasteiger partial charge on any atom is -0.492 e. The highest BCUT2D eigenvalue weighted by Gasteiger charge is 2.18. The molecule has 0 unspecified atom stereocenters. The van der Waals surface area contributed by atoms with Crippen LogP contribution in [0.15, 0.2) is 71.6 Å². The van der Waals surface area contributed by atoms with Crippen molar-refractivity contribution in [2.24, 2.45) is 0 Å². The van der Waals surface area contributed by atoms with Crippen molar-refractivity contribution in [2.75, 3.05) is 16.7 Å². The molecular weight excluding hydrogens is 492 g/mol. The predicted octanol–water partition coefficient (Wildman–Crippen LogP) is 8.78. The third-order valence-corrected chi connectivity index (χ3v) is 8.37. The van der Waals surface area contributed by atoms with Crippen LogP contribution in [0.4, 0.5) is 14.5 Å². The van der Waals surface area contributed by atoms with Gasteiger partial charge in [0.25, 0.3) is 0 Å². The normalized spacial score (nSPS) is 14.2. The van der Waals surface area contributed by atoms with Crippen LogP contribution in [0.25, 0.3) is 0 Å². The van der Waals surface area contributed by atoms with Crippen molar-refractivity contribution >= 4 is 41.0 Å². The number of hydrogen-bond donors (Lipinski definition) is 0. The lowest BCUT2D eigenvalue weighted by Crippen LogP contribution is -2.17. The highest BCUT2D eigenvalue weighted by atomic mass is 35.5. The molecule has 34 heavy (non-hydrogen) atoms. The third kappa shape index (κ3) is 7.30. The molecule has 0 aliphatic heterocycles. The zero-order valence-corrected chi connectivity index (χ0v) is 21.3. The minimum absolute atomic E-state index is 0.183. The zero-order chi connectivity index (χ0) is 23.8. The molecule has 0 N–H and O–H groups in total. The SMILES string of the molecule is Fc1ccc(F)c(N(Cc2ccccc2OCCSC2CCCCC2)Sc2ccc(Cl)cc2)c1. The first-order chi connectivity index (χ1) is 16.6. The Morgan fingerprint density at radius 3 is 2.50 bits per heavy atom. The Labute approximate surface area is 214 Å². The molecule has 3 aromatic carbocycles. The van der Waals surface area contributed by atoms with Gasteiger partial charge in [-0.1, -0.05) is 49.1 Å². The van der Waals surface area contributed by atoms with Crippen LogP contribution in [0.3, 0.4) is 0 Å². The summed E-state index contributed by atoms with van der Waals surface area (Å²) < 4.78 is 36.7. The van der Waals surface area contributed by atoms with Gasteiger partial charge in [0.05, 0.1) is 18.8 Å². The molecule has 1 fully saturated rings. The molecule has 2 nitrogen and oxygen atoms in total. The van der Waals surface area contributed by atoms with E-state index >= 15 is 0 Å². The van der Waals surface area contributed by atoms with Crippen LogP contribution in [-0.4, -0.2) is 17.6 Å². The van der Waals surface area contributed by atoms with E-state index in [2.05, 4.69) is 0 Å². The first-order valence-electron chi connectivity index (χ1n) is 11.6. The lowest BCUT2D eigenvalue weighted by molar-refractivity contribution is 0.340. The van der Waals surface area contributed by atoms with Gasteiger partial charge in [-0.15, -0.1) is 0 Å². The van der Waals surface area contributed by atoms with Gasteiger partial charge in [-0.2, -0.15) is 11.8 Å². The Kier molecular flexibility index (Phi) is 9.42. The van der Waals surface area contributed by atoms with Crippen molar-refractivity contribution in [3.63, 3.8) is 0 Å². The molecule has 180 valence electrons. The predicted molar refractivity (Wildman–Crippen MR) is 141 cm³/mol. The van der Waals surface area contributed by atoms with E-state index in [1.165, 1.54) is 50.1 Å². The molecule has 0 atom stereocenters. The summed E-state index contributed by atoms with van der Waals surface area (Å²) in [5.74, 6) is 0.749. The second kappa shape index (κ2) is 12.7. The molecule has 7 heteroatoms. The molecule has 1 saturated carbocycles. The van der Waals surface area contributed by atoms with Crippen molar-refractivity contribution in [3.8, 4) is 5.75 Å². The summed E-state index contributed by atoms with van der Waals surface area (Å²) in [6, 6.07) is 18.6. The van der Waals surface area contributed by atoms with E-state index < -0.39 is 11.6 Å². The Bertz CT molecular complexity index is 1060. The molecule has 0 radical (unpaired) electrons. The number of para-hydroxylation sites is 1. The van der Waals surface area contributed by atoms with Gasteiger partial charge in [-0.3, -0.25) is 0 Å². The first-order valence-corrected chi connectivity index (χ1v) is 13.8. The fourth-order valence-corrected chi connectivity index (χ4v) is 6.25. The van der Waals surface area contributed by atoms with Gasteiger partial charge in [-0.05, 0) is 67.3 Å². The molecule has 0 heterocycles. The van der Waals surface area contributed by atoms with E-state index in [9.17, 15) is 8.78 Å². The van der Waals surface area contributed by atoms with Crippen LogP contribution < -0.4 is 9.04 Å². The van der Waals surface area contributed by atoms with Crippen molar-refractivity contribution < 1.29 is 13.5 Å². The molecule has 1 aliphatic rings. The highest BCUT2D eigenvalue weighted by Crippen LogP contribution is 2.35. The van der Waals surface area contributed by atoms with Crippen molar-refractivity contribution in [1.82, 2.24) is 0 Å². The molecule has 3 aromatic rings. The molecule has 0 aromatic heterocycles. The lowest BCUT2D eigenvalue weighted by atomic mass is 10.0. The summed E-state index contributed by atoms with van der Waals surface area (Å²) in [7, 11) is 0. The van der Waals surface area contributed by atoms with Crippen LogP contribution in [0, 0.1) is 11.6 Å². The van der Waals surface area contributed by atoms with Crippen LogP contribution in [-0.2, 0) is 6.54 Å². The molecule has 0 saturated heterocycles. The Balaban J connectivity index is 1.48. The Morgan fingerprint density at radius 2 is 1.71 bits per heavy atom. The maximum atomic E-state index is 14.7. The summed E-state index contributed by atoms with van der Waals surface area (Å²) >= 11 is 9.35. The largest absolute Gasteiger partial charge is 0.492 e. The number of ether oxygens (including phenoxy) is 1. The molecule has 4 rings (SSSR count). The van der Waals surface area contributed by atoms with Crippen molar-refractivity contribution in [2.45, 2.75) is 48.8 Å². The summed E-state index contributed by atoms with van der Waals surface area (Å²) in [5.41, 5.74) is 1.10. The number of rotatable bonds is 10. The van der Waals surface area contributed by atoms with Crippen molar-refractivity contribution in [1.29, 1.82) is 0 Å². The summed E-state index contributed by atoms with van der Waals surface area (Å²) in [5, 5.41) is 1.37. The van der Waals surface area contributed by atoms with Crippen LogP contribution in [0.2, 0.25) is 5.02 Å². The van der Waals surface area contributed by atoms with E-state index in [4.69, 9.17) is 16.3 Å². The van der Waals surface area contributed by atoms with E-state index in [1.54, 1.807) is 16.4 Å². The van der Waals surface area contributed by atoms with Gasteiger partial charge in [0, 0.05) is 32.6 Å². The van der Waals surface area contributed by atoms with Gasteiger partial charge in [-0.25, -0.2) is 8.78 Å². The van der Waals surface area contributed by atoms with E-state index in [1.807, 2.05) is 48.2 Å². The van der Waals surface area contributed by atoms with Gasteiger partial charge >= 0.3 is 0 Å². The fraction of sp³-hybridized carbons (Fsp3) is 0.333.